The summed E-state index contributed by atoms with van der Waals surface area (Å²) < 4.78 is 7.01. The molecular formula is C15H20N4O. The van der Waals surface area contributed by atoms with Gasteiger partial charge in [0, 0.05) is 38.3 Å². The fourth-order valence-electron chi connectivity index (χ4n) is 1.90. The number of aryl methyl sites for hydroxylation is 1. The van der Waals surface area contributed by atoms with Crippen molar-refractivity contribution in [3.05, 3.63) is 47.8 Å². The van der Waals surface area contributed by atoms with Crippen LogP contribution in [0.5, 0.6) is 5.75 Å². The number of para-hydroxylation sites is 1. The van der Waals surface area contributed by atoms with Gasteiger partial charge in [-0.2, -0.15) is 0 Å². The minimum absolute atomic E-state index is 0.818. The van der Waals surface area contributed by atoms with Crippen LogP contribution in [0.25, 0.3) is 6.08 Å². The maximum absolute atomic E-state index is 5.29. The summed E-state index contributed by atoms with van der Waals surface area (Å²) in [5.41, 5.74) is 2.10. The molecule has 0 aliphatic rings. The lowest BCUT2D eigenvalue weighted by molar-refractivity contribution is 0.414. The molecule has 106 valence electrons. The molecule has 0 amide bonds. The van der Waals surface area contributed by atoms with E-state index in [4.69, 9.17) is 4.74 Å². The number of hydrogen-bond acceptors (Lipinski definition) is 4. The van der Waals surface area contributed by atoms with E-state index < -0.39 is 0 Å². The molecule has 20 heavy (non-hydrogen) atoms. The molecule has 1 N–H and O–H groups in total. The Balaban J connectivity index is 1.71. The minimum atomic E-state index is 0.818. The number of nitrogens with one attached hydrogen (secondary N) is 1. The Morgan fingerprint density at radius 3 is 2.95 bits per heavy atom. The Labute approximate surface area is 119 Å². The highest BCUT2D eigenvalue weighted by Crippen LogP contribution is 2.18. The van der Waals surface area contributed by atoms with Crippen LogP contribution in [-0.4, -0.2) is 35.2 Å². The third-order valence-electron chi connectivity index (χ3n) is 2.91. The first-order valence-corrected chi connectivity index (χ1v) is 6.65. The average molecular weight is 272 g/mol. The fourth-order valence-corrected chi connectivity index (χ4v) is 1.90. The van der Waals surface area contributed by atoms with Crippen LogP contribution in [0.3, 0.4) is 0 Å². The maximum atomic E-state index is 5.29. The zero-order valence-corrected chi connectivity index (χ0v) is 11.9. The van der Waals surface area contributed by atoms with Crippen molar-refractivity contribution in [3.63, 3.8) is 0 Å². The van der Waals surface area contributed by atoms with E-state index in [1.807, 2.05) is 37.5 Å². The van der Waals surface area contributed by atoms with Crippen molar-refractivity contribution in [3.8, 4) is 5.75 Å². The Hall–Kier alpha value is -2.14. The van der Waals surface area contributed by atoms with Crippen LogP contribution in [-0.2, 0) is 13.5 Å². The average Bonchev–Trinajstić information content (AvgIpc) is 2.88. The minimum Gasteiger partial charge on any atom is -0.496 e. The second-order valence-electron chi connectivity index (χ2n) is 4.48. The summed E-state index contributed by atoms with van der Waals surface area (Å²) in [4.78, 5) is 0. The van der Waals surface area contributed by atoms with Gasteiger partial charge in [0.2, 0.25) is 0 Å². The number of ether oxygens (including phenoxy) is 1. The Morgan fingerprint density at radius 1 is 1.35 bits per heavy atom. The van der Waals surface area contributed by atoms with E-state index in [0.29, 0.717) is 0 Å². The third-order valence-corrected chi connectivity index (χ3v) is 2.91. The molecule has 0 aliphatic heterocycles. The summed E-state index contributed by atoms with van der Waals surface area (Å²) in [5, 5.41) is 11.3. The van der Waals surface area contributed by atoms with Crippen LogP contribution in [0.15, 0.2) is 36.5 Å². The monoisotopic (exact) mass is 272 g/mol. The molecule has 1 aromatic carbocycles. The number of hydrogen-bond donors (Lipinski definition) is 1. The van der Waals surface area contributed by atoms with E-state index in [0.717, 1.165) is 36.5 Å². The van der Waals surface area contributed by atoms with Crippen LogP contribution in [0.2, 0.25) is 0 Å². The van der Waals surface area contributed by atoms with Crippen molar-refractivity contribution in [2.75, 3.05) is 20.2 Å². The molecule has 1 aromatic heterocycles. The van der Waals surface area contributed by atoms with Crippen molar-refractivity contribution in [2.24, 2.45) is 7.05 Å². The lowest BCUT2D eigenvalue weighted by Gasteiger charge is -2.03. The first-order valence-electron chi connectivity index (χ1n) is 6.65. The maximum Gasteiger partial charge on any atom is 0.126 e. The highest BCUT2D eigenvalue weighted by Gasteiger charge is 1.97. The lowest BCUT2D eigenvalue weighted by Crippen LogP contribution is -2.17. The Bertz CT molecular complexity index is 563. The van der Waals surface area contributed by atoms with Gasteiger partial charge in [0.05, 0.1) is 12.8 Å². The third kappa shape index (κ3) is 4.20. The highest BCUT2D eigenvalue weighted by molar-refractivity contribution is 5.57. The number of nitrogens with zero attached hydrogens (tertiary/aromatic N) is 3. The summed E-state index contributed by atoms with van der Waals surface area (Å²) in [6.45, 7) is 1.70. The molecule has 0 unspecified atom stereocenters. The predicted octanol–water partition coefficient (Wildman–Crippen LogP) is 1.67. The second-order valence-corrected chi connectivity index (χ2v) is 4.48. The summed E-state index contributed by atoms with van der Waals surface area (Å²) in [6.07, 6.45) is 6.98. The quantitative estimate of drug-likeness (QED) is 0.779. The molecule has 0 spiro atoms. The molecule has 5 nitrogen and oxygen atoms in total. The van der Waals surface area contributed by atoms with Gasteiger partial charge in [-0.25, -0.2) is 0 Å². The molecule has 0 aliphatic carbocycles. The summed E-state index contributed by atoms with van der Waals surface area (Å²) in [6, 6.07) is 7.97. The Morgan fingerprint density at radius 2 is 2.20 bits per heavy atom. The summed E-state index contributed by atoms with van der Waals surface area (Å²) in [5.74, 6) is 0.892. The number of aromatic nitrogens is 3. The van der Waals surface area contributed by atoms with Gasteiger partial charge in [-0.15, -0.1) is 5.10 Å². The topological polar surface area (TPSA) is 52.0 Å². The van der Waals surface area contributed by atoms with Gasteiger partial charge in [0.25, 0.3) is 0 Å². The highest BCUT2D eigenvalue weighted by atomic mass is 16.5. The van der Waals surface area contributed by atoms with Crippen molar-refractivity contribution >= 4 is 6.08 Å². The molecule has 0 fully saturated rings. The summed E-state index contributed by atoms with van der Waals surface area (Å²) >= 11 is 0. The van der Waals surface area contributed by atoms with E-state index in [-0.39, 0.29) is 0 Å². The molecule has 0 bridgehead atoms. The molecule has 0 saturated carbocycles. The molecule has 0 atom stereocenters. The van der Waals surface area contributed by atoms with E-state index in [1.54, 1.807) is 11.8 Å². The van der Waals surface area contributed by atoms with Gasteiger partial charge in [-0.1, -0.05) is 35.6 Å². The van der Waals surface area contributed by atoms with Crippen molar-refractivity contribution in [1.82, 2.24) is 20.3 Å². The summed E-state index contributed by atoms with van der Waals surface area (Å²) in [7, 11) is 3.56. The smallest absolute Gasteiger partial charge is 0.126 e. The van der Waals surface area contributed by atoms with Gasteiger partial charge in [0.15, 0.2) is 0 Å². The fraction of sp³-hybridized carbons (Fsp3) is 0.333. The normalized spacial score (nSPS) is 11.1. The van der Waals surface area contributed by atoms with Crippen LogP contribution in [0, 0.1) is 0 Å². The largest absolute Gasteiger partial charge is 0.496 e. The molecule has 5 heteroatoms. The molecule has 2 aromatic rings. The SMILES string of the molecule is COc1ccccc1C=CCNCCc1cn(C)nn1. The molecule has 2 rings (SSSR count). The zero-order chi connectivity index (χ0) is 14.2. The van der Waals surface area contributed by atoms with E-state index in [1.165, 1.54) is 0 Å². The van der Waals surface area contributed by atoms with Crippen molar-refractivity contribution in [1.29, 1.82) is 0 Å². The van der Waals surface area contributed by atoms with Crippen LogP contribution in [0.1, 0.15) is 11.3 Å². The van der Waals surface area contributed by atoms with Gasteiger partial charge >= 0.3 is 0 Å². The number of benzene rings is 1. The molecular weight excluding hydrogens is 252 g/mol. The second kappa shape index (κ2) is 7.45. The molecule has 1 heterocycles. The van der Waals surface area contributed by atoms with E-state index in [9.17, 15) is 0 Å². The predicted molar refractivity (Wildman–Crippen MR) is 79.6 cm³/mol. The van der Waals surface area contributed by atoms with Crippen LogP contribution < -0.4 is 10.1 Å². The van der Waals surface area contributed by atoms with Gasteiger partial charge in [-0.3, -0.25) is 4.68 Å². The van der Waals surface area contributed by atoms with E-state index >= 15 is 0 Å². The standard InChI is InChI=1S/C15H20N4O/c1-19-12-14(17-18-19)9-11-16-10-5-7-13-6-3-4-8-15(13)20-2/h3-8,12,16H,9-11H2,1-2H3. The van der Waals surface area contributed by atoms with Gasteiger partial charge in [-0.05, 0) is 6.07 Å². The molecule has 0 radical (unpaired) electrons. The van der Waals surface area contributed by atoms with Crippen molar-refractivity contribution in [2.45, 2.75) is 6.42 Å². The number of rotatable bonds is 7. The van der Waals surface area contributed by atoms with Gasteiger partial charge < -0.3 is 10.1 Å². The van der Waals surface area contributed by atoms with Gasteiger partial charge in [0.1, 0.15) is 5.75 Å². The van der Waals surface area contributed by atoms with E-state index in [2.05, 4.69) is 27.8 Å². The first kappa shape index (κ1) is 14.3. The van der Waals surface area contributed by atoms with Crippen LogP contribution >= 0.6 is 0 Å². The Kier molecular flexibility index (Phi) is 5.32. The lowest BCUT2D eigenvalue weighted by atomic mass is 10.2. The van der Waals surface area contributed by atoms with Crippen LogP contribution in [0.4, 0.5) is 0 Å². The molecule has 0 saturated heterocycles. The number of methoxy groups -OCH3 is 1. The van der Waals surface area contributed by atoms with Crippen molar-refractivity contribution < 1.29 is 4.74 Å². The first-order chi connectivity index (χ1) is 9.79. The zero-order valence-electron chi connectivity index (χ0n) is 11.9.